The van der Waals surface area contributed by atoms with Gasteiger partial charge in [0.05, 0.1) is 11.8 Å². The topological polar surface area (TPSA) is 59.5 Å². The molecule has 4 heteroatoms. The monoisotopic (exact) mass is 222 g/mol. The Morgan fingerprint density at radius 1 is 1.69 bits per heavy atom. The van der Waals surface area contributed by atoms with Crippen LogP contribution in [0.3, 0.4) is 0 Å². The lowest BCUT2D eigenvalue weighted by Gasteiger charge is -2.34. The van der Waals surface area contributed by atoms with Crippen LogP contribution in [0, 0.1) is 5.92 Å². The average molecular weight is 222 g/mol. The summed E-state index contributed by atoms with van der Waals surface area (Å²) in [6, 6.07) is 1.86. The smallest absolute Gasteiger partial charge is 0.257 e. The third kappa shape index (κ3) is 2.27. The Morgan fingerprint density at radius 2 is 2.50 bits per heavy atom. The third-order valence-corrected chi connectivity index (χ3v) is 3.26. The van der Waals surface area contributed by atoms with Gasteiger partial charge in [-0.05, 0) is 31.7 Å². The van der Waals surface area contributed by atoms with E-state index in [1.54, 1.807) is 6.07 Å². The van der Waals surface area contributed by atoms with E-state index < -0.39 is 0 Å². The molecule has 16 heavy (non-hydrogen) atoms. The predicted molar refractivity (Wildman–Crippen MR) is 61.0 cm³/mol. The number of rotatable bonds is 2. The summed E-state index contributed by atoms with van der Waals surface area (Å²) in [6.07, 6.45) is 5.18. The van der Waals surface area contributed by atoms with E-state index in [2.05, 4.69) is 0 Å². The van der Waals surface area contributed by atoms with E-state index >= 15 is 0 Å². The second-order valence-electron chi connectivity index (χ2n) is 4.52. The minimum Gasteiger partial charge on any atom is -0.472 e. The van der Waals surface area contributed by atoms with Crippen molar-refractivity contribution in [2.24, 2.45) is 11.7 Å². The first-order valence-electron chi connectivity index (χ1n) is 5.75. The first-order valence-corrected chi connectivity index (χ1v) is 5.75. The number of furan rings is 1. The van der Waals surface area contributed by atoms with E-state index in [-0.39, 0.29) is 11.9 Å². The van der Waals surface area contributed by atoms with Crippen molar-refractivity contribution in [3.05, 3.63) is 24.2 Å². The molecule has 4 nitrogen and oxygen atoms in total. The summed E-state index contributed by atoms with van der Waals surface area (Å²) >= 11 is 0. The molecule has 0 aliphatic carbocycles. The van der Waals surface area contributed by atoms with E-state index in [1.165, 1.54) is 12.5 Å². The molecule has 1 fully saturated rings. The van der Waals surface area contributed by atoms with Crippen LogP contribution in [0.2, 0.25) is 0 Å². The predicted octanol–water partition coefficient (Wildman–Crippen LogP) is 1.48. The normalized spacial score (nSPS) is 23.1. The summed E-state index contributed by atoms with van der Waals surface area (Å²) in [5.41, 5.74) is 6.52. The molecule has 88 valence electrons. The van der Waals surface area contributed by atoms with Crippen molar-refractivity contribution in [1.29, 1.82) is 0 Å². The fourth-order valence-corrected chi connectivity index (χ4v) is 2.19. The molecule has 0 radical (unpaired) electrons. The standard InChI is InChI=1S/C12H18N2O2/c1-9(13)10-3-2-5-14(7-10)12(15)11-4-6-16-8-11/h4,6,8-10H,2-3,5,7,13H2,1H3. The van der Waals surface area contributed by atoms with Crippen molar-refractivity contribution in [2.75, 3.05) is 13.1 Å². The third-order valence-electron chi connectivity index (χ3n) is 3.26. The van der Waals surface area contributed by atoms with Gasteiger partial charge in [0.25, 0.3) is 5.91 Å². The van der Waals surface area contributed by atoms with Crippen molar-refractivity contribution >= 4 is 5.91 Å². The fraction of sp³-hybridized carbons (Fsp3) is 0.583. The van der Waals surface area contributed by atoms with Gasteiger partial charge in [-0.2, -0.15) is 0 Å². The number of hydrogen-bond donors (Lipinski definition) is 1. The molecule has 1 aliphatic rings. The summed E-state index contributed by atoms with van der Waals surface area (Å²) in [6.45, 7) is 3.60. The van der Waals surface area contributed by atoms with E-state index in [1.807, 2.05) is 11.8 Å². The number of carbonyl (C=O) groups excluding carboxylic acids is 1. The van der Waals surface area contributed by atoms with Crippen LogP contribution in [-0.2, 0) is 0 Å². The Balaban J connectivity index is 2.02. The van der Waals surface area contributed by atoms with E-state index in [0.29, 0.717) is 11.5 Å². The number of likely N-dealkylation sites (tertiary alicyclic amines) is 1. The number of nitrogens with zero attached hydrogens (tertiary/aromatic N) is 1. The van der Waals surface area contributed by atoms with Crippen LogP contribution < -0.4 is 5.73 Å². The van der Waals surface area contributed by atoms with Crippen molar-refractivity contribution in [1.82, 2.24) is 4.90 Å². The van der Waals surface area contributed by atoms with Gasteiger partial charge in [0.1, 0.15) is 6.26 Å². The van der Waals surface area contributed by atoms with Gasteiger partial charge in [0.15, 0.2) is 0 Å². The SMILES string of the molecule is CC(N)C1CCCN(C(=O)c2ccoc2)C1. The zero-order valence-corrected chi connectivity index (χ0v) is 9.56. The molecule has 2 atom stereocenters. The van der Waals surface area contributed by atoms with Crippen LogP contribution in [0.5, 0.6) is 0 Å². The Kier molecular flexibility index (Phi) is 3.29. The molecule has 0 aromatic carbocycles. The van der Waals surface area contributed by atoms with Crippen molar-refractivity contribution in [3.8, 4) is 0 Å². The molecule has 1 aromatic rings. The maximum absolute atomic E-state index is 12.1. The number of amides is 1. The van der Waals surface area contributed by atoms with E-state index in [0.717, 1.165) is 25.9 Å². The molecule has 1 amide bonds. The first-order chi connectivity index (χ1) is 7.68. The summed E-state index contributed by atoms with van der Waals surface area (Å²) in [5, 5.41) is 0. The molecule has 2 heterocycles. The number of hydrogen-bond acceptors (Lipinski definition) is 3. The van der Waals surface area contributed by atoms with Gasteiger partial charge in [-0.15, -0.1) is 0 Å². The zero-order chi connectivity index (χ0) is 11.5. The van der Waals surface area contributed by atoms with Crippen molar-refractivity contribution < 1.29 is 9.21 Å². The van der Waals surface area contributed by atoms with Gasteiger partial charge in [0, 0.05) is 19.1 Å². The molecule has 1 aliphatic heterocycles. The molecular weight excluding hydrogens is 204 g/mol. The Morgan fingerprint density at radius 3 is 3.12 bits per heavy atom. The highest BCUT2D eigenvalue weighted by atomic mass is 16.3. The summed E-state index contributed by atoms with van der Waals surface area (Å²) < 4.78 is 4.93. The molecule has 1 aromatic heterocycles. The lowest BCUT2D eigenvalue weighted by molar-refractivity contribution is 0.0660. The highest BCUT2D eigenvalue weighted by molar-refractivity contribution is 5.93. The quantitative estimate of drug-likeness (QED) is 0.824. The van der Waals surface area contributed by atoms with Gasteiger partial charge >= 0.3 is 0 Å². The maximum atomic E-state index is 12.1. The molecule has 0 bridgehead atoms. The van der Waals surface area contributed by atoms with Gasteiger partial charge in [-0.25, -0.2) is 0 Å². The highest BCUT2D eigenvalue weighted by Gasteiger charge is 2.26. The molecule has 2 rings (SSSR count). The summed E-state index contributed by atoms with van der Waals surface area (Å²) in [4.78, 5) is 13.9. The average Bonchev–Trinajstić information content (AvgIpc) is 2.81. The summed E-state index contributed by atoms with van der Waals surface area (Å²) in [5.74, 6) is 0.476. The van der Waals surface area contributed by atoms with Crippen LogP contribution in [0.1, 0.15) is 30.1 Å². The zero-order valence-electron chi connectivity index (χ0n) is 9.56. The largest absolute Gasteiger partial charge is 0.472 e. The second kappa shape index (κ2) is 4.70. The van der Waals surface area contributed by atoms with Crippen LogP contribution in [0.25, 0.3) is 0 Å². The van der Waals surface area contributed by atoms with Crippen LogP contribution in [-0.4, -0.2) is 29.9 Å². The van der Waals surface area contributed by atoms with Gasteiger partial charge < -0.3 is 15.1 Å². The molecule has 2 N–H and O–H groups in total. The molecule has 1 saturated heterocycles. The van der Waals surface area contributed by atoms with Gasteiger partial charge in [-0.3, -0.25) is 4.79 Å². The lowest BCUT2D eigenvalue weighted by atomic mass is 9.92. The Hall–Kier alpha value is -1.29. The maximum Gasteiger partial charge on any atom is 0.257 e. The highest BCUT2D eigenvalue weighted by Crippen LogP contribution is 2.20. The lowest BCUT2D eigenvalue weighted by Crippen LogP contribution is -2.44. The van der Waals surface area contributed by atoms with Gasteiger partial charge in [0.2, 0.25) is 0 Å². The van der Waals surface area contributed by atoms with Crippen LogP contribution >= 0.6 is 0 Å². The van der Waals surface area contributed by atoms with Gasteiger partial charge in [-0.1, -0.05) is 0 Å². The Bertz CT molecular complexity index is 346. The Labute approximate surface area is 95.4 Å². The van der Waals surface area contributed by atoms with Crippen molar-refractivity contribution in [3.63, 3.8) is 0 Å². The first kappa shape index (κ1) is 11.2. The molecule has 2 unspecified atom stereocenters. The molecular formula is C12H18N2O2. The fourth-order valence-electron chi connectivity index (χ4n) is 2.19. The van der Waals surface area contributed by atoms with E-state index in [9.17, 15) is 4.79 Å². The van der Waals surface area contributed by atoms with E-state index in [4.69, 9.17) is 10.2 Å². The number of piperidine rings is 1. The van der Waals surface area contributed by atoms with Crippen LogP contribution in [0.4, 0.5) is 0 Å². The van der Waals surface area contributed by atoms with Crippen LogP contribution in [0.15, 0.2) is 23.0 Å². The minimum absolute atomic E-state index is 0.0547. The number of nitrogens with two attached hydrogens (primary N) is 1. The molecule has 0 saturated carbocycles. The molecule has 0 spiro atoms. The van der Waals surface area contributed by atoms with Crippen molar-refractivity contribution in [2.45, 2.75) is 25.8 Å². The minimum atomic E-state index is 0.0547. The number of carbonyl (C=O) groups is 1. The second-order valence-corrected chi connectivity index (χ2v) is 4.52. The summed E-state index contributed by atoms with van der Waals surface area (Å²) in [7, 11) is 0.